The summed E-state index contributed by atoms with van der Waals surface area (Å²) in [5.41, 5.74) is 0. The Hall–Kier alpha value is -1.25. The summed E-state index contributed by atoms with van der Waals surface area (Å²) in [4.78, 5) is -0.897. The van der Waals surface area contributed by atoms with Crippen LogP contribution in [-0.4, -0.2) is 40.0 Å². The molecular weight excluding hydrogens is 317 g/mol. The smallest absolute Gasteiger partial charge is 0.224 e. The number of benzene rings is 1. The van der Waals surface area contributed by atoms with Gasteiger partial charge in [-0.2, -0.15) is 4.31 Å². The third kappa shape index (κ3) is 3.90. The number of halogens is 1. The molecule has 1 aromatic rings. The minimum atomic E-state index is -4.15. The van der Waals surface area contributed by atoms with Gasteiger partial charge in [0.05, 0.1) is 4.90 Å². The Kier molecular flexibility index (Phi) is 5.30. The third-order valence-electron chi connectivity index (χ3n) is 2.80. The largest absolute Gasteiger partial charge is 0.246 e. The number of sulfone groups is 1. The fourth-order valence-electron chi connectivity index (χ4n) is 1.75. The molecular formula is C13H18FNO4S2. The van der Waals surface area contributed by atoms with E-state index in [0.717, 1.165) is 28.8 Å². The summed E-state index contributed by atoms with van der Waals surface area (Å²) >= 11 is 0. The Labute approximate surface area is 125 Å². The molecule has 0 saturated carbocycles. The number of rotatable bonds is 6. The molecule has 0 aliphatic carbocycles. The molecule has 0 N–H and O–H groups in total. The Morgan fingerprint density at radius 1 is 1.29 bits per heavy atom. The molecule has 0 radical (unpaired) electrons. The van der Waals surface area contributed by atoms with Gasteiger partial charge < -0.3 is 0 Å². The highest BCUT2D eigenvalue weighted by molar-refractivity contribution is 7.91. The molecule has 0 unspecified atom stereocenters. The highest BCUT2D eigenvalue weighted by Crippen LogP contribution is 2.24. The minimum Gasteiger partial charge on any atom is -0.224 e. The third-order valence-corrected chi connectivity index (χ3v) is 5.97. The predicted molar refractivity (Wildman–Crippen MR) is 78.7 cm³/mol. The Bertz CT molecular complexity index is 739. The molecule has 0 fully saturated rings. The first-order chi connectivity index (χ1) is 9.51. The summed E-state index contributed by atoms with van der Waals surface area (Å²) in [6, 6.07) is 2.31. The first-order valence-electron chi connectivity index (χ1n) is 6.14. The predicted octanol–water partition coefficient (Wildman–Crippen LogP) is 1.81. The highest BCUT2D eigenvalue weighted by Gasteiger charge is 2.29. The fourth-order valence-corrected chi connectivity index (χ4v) is 4.17. The van der Waals surface area contributed by atoms with E-state index in [2.05, 4.69) is 6.58 Å². The van der Waals surface area contributed by atoms with Crippen molar-refractivity contribution in [3.8, 4) is 0 Å². The van der Waals surface area contributed by atoms with E-state index >= 15 is 0 Å². The molecule has 118 valence electrons. The summed E-state index contributed by atoms with van der Waals surface area (Å²) in [6.07, 6.45) is 2.32. The molecule has 0 aliphatic rings. The van der Waals surface area contributed by atoms with E-state index < -0.39 is 36.6 Å². The summed E-state index contributed by atoms with van der Waals surface area (Å²) in [7, 11) is -7.78. The lowest BCUT2D eigenvalue weighted by Gasteiger charge is -2.24. The second-order valence-electron chi connectivity index (χ2n) is 4.82. The van der Waals surface area contributed by atoms with Gasteiger partial charge >= 0.3 is 0 Å². The van der Waals surface area contributed by atoms with E-state index in [1.54, 1.807) is 13.8 Å². The second-order valence-corrected chi connectivity index (χ2v) is 8.70. The lowest BCUT2D eigenvalue weighted by molar-refractivity contribution is 0.380. The van der Waals surface area contributed by atoms with Crippen LogP contribution in [0.3, 0.4) is 0 Å². The van der Waals surface area contributed by atoms with Gasteiger partial charge in [-0.3, -0.25) is 0 Å². The molecule has 21 heavy (non-hydrogen) atoms. The summed E-state index contributed by atoms with van der Waals surface area (Å²) in [5.74, 6) is -0.989. The van der Waals surface area contributed by atoms with E-state index in [9.17, 15) is 21.2 Å². The van der Waals surface area contributed by atoms with Crippen molar-refractivity contribution >= 4 is 19.9 Å². The maximum atomic E-state index is 13.9. The molecule has 1 aromatic carbocycles. The zero-order valence-corrected chi connectivity index (χ0v) is 13.7. The molecule has 8 heteroatoms. The monoisotopic (exact) mass is 335 g/mol. The molecule has 5 nitrogen and oxygen atoms in total. The highest BCUT2D eigenvalue weighted by atomic mass is 32.2. The molecule has 0 heterocycles. The van der Waals surface area contributed by atoms with Crippen LogP contribution in [-0.2, 0) is 19.9 Å². The van der Waals surface area contributed by atoms with Crippen molar-refractivity contribution in [3.63, 3.8) is 0 Å². The topological polar surface area (TPSA) is 71.5 Å². The SMILES string of the molecule is C=CCN(C(C)C)S(=O)(=O)c1cc(S(C)(=O)=O)ccc1F. The van der Waals surface area contributed by atoms with Crippen molar-refractivity contribution in [2.75, 3.05) is 12.8 Å². The van der Waals surface area contributed by atoms with Crippen LogP contribution in [0.4, 0.5) is 4.39 Å². The Morgan fingerprint density at radius 3 is 2.29 bits per heavy atom. The zero-order chi connectivity index (χ0) is 16.4. The maximum absolute atomic E-state index is 13.9. The molecule has 0 atom stereocenters. The fraction of sp³-hybridized carbons (Fsp3) is 0.385. The van der Waals surface area contributed by atoms with E-state index in [0.29, 0.717) is 0 Å². The summed E-state index contributed by atoms with van der Waals surface area (Å²) in [6.45, 7) is 6.75. The van der Waals surface area contributed by atoms with Gasteiger partial charge in [0, 0.05) is 18.8 Å². The molecule has 1 rings (SSSR count). The van der Waals surface area contributed by atoms with Gasteiger partial charge in [-0.15, -0.1) is 6.58 Å². The van der Waals surface area contributed by atoms with Crippen LogP contribution >= 0.6 is 0 Å². The number of sulfonamides is 1. The Balaban J connectivity index is 3.53. The number of hydrogen-bond acceptors (Lipinski definition) is 4. The van der Waals surface area contributed by atoms with Crippen molar-refractivity contribution in [2.24, 2.45) is 0 Å². The minimum absolute atomic E-state index is 0.00252. The number of nitrogens with zero attached hydrogens (tertiary/aromatic N) is 1. The van der Waals surface area contributed by atoms with Gasteiger partial charge in [-0.1, -0.05) is 6.08 Å². The van der Waals surface area contributed by atoms with Crippen molar-refractivity contribution in [1.29, 1.82) is 0 Å². The van der Waals surface area contributed by atoms with Crippen LogP contribution < -0.4 is 0 Å². The average molecular weight is 335 g/mol. The molecule has 0 saturated heterocycles. The molecule has 0 amide bonds. The molecule has 0 spiro atoms. The van der Waals surface area contributed by atoms with Gasteiger partial charge in [-0.05, 0) is 32.0 Å². The van der Waals surface area contributed by atoms with E-state index in [1.165, 1.54) is 6.08 Å². The summed E-state index contributed by atoms with van der Waals surface area (Å²) in [5, 5.41) is 0. The van der Waals surface area contributed by atoms with Crippen LogP contribution in [0.2, 0.25) is 0 Å². The van der Waals surface area contributed by atoms with Gasteiger partial charge in [0.25, 0.3) is 0 Å². The van der Waals surface area contributed by atoms with E-state index in [-0.39, 0.29) is 11.4 Å². The first-order valence-corrected chi connectivity index (χ1v) is 9.47. The summed E-state index contributed by atoms with van der Waals surface area (Å²) < 4.78 is 63.0. The normalized spacial score (nSPS) is 12.9. The second kappa shape index (κ2) is 6.25. The maximum Gasteiger partial charge on any atom is 0.246 e. The van der Waals surface area contributed by atoms with Crippen molar-refractivity contribution in [2.45, 2.75) is 29.7 Å². The lowest BCUT2D eigenvalue weighted by atomic mass is 10.3. The molecule has 0 aromatic heterocycles. The lowest BCUT2D eigenvalue weighted by Crippen LogP contribution is -2.37. The van der Waals surface area contributed by atoms with Gasteiger partial charge in [-0.25, -0.2) is 21.2 Å². The van der Waals surface area contributed by atoms with Crippen molar-refractivity contribution < 1.29 is 21.2 Å². The van der Waals surface area contributed by atoms with Crippen LogP contribution in [0.5, 0.6) is 0 Å². The van der Waals surface area contributed by atoms with E-state index in [1.807, 2.05) is 0 Å². The van der Waals surface area contributed by atoms with Crippen molar-refractivity contribution in [3.05, 3.63) is 36.7 Å². The van der Waals surface area contributed by atoms with Crippen molar-refractivity contribution in [1.82, 2.24) is 4.31 Å². The standard InChI is InChI=1S/C13H18FNO4S2/c1-5-8-15(10(2)3)21(18,19)13-9-11(20(4,16)17)6-7-12(13)14/h5-7,9-10H,1,8H2,2-4H3. The van der Waals surface area contributed by atoms with Crippen LogP contribution in [0, 0.1) is 5.82 Å². The van der Waals surface area contributed by atoms with E-state index in [4.69, 9.17) is 0 Å². The van der Waals surface area contributed by atoms with Crippen LogP contribution in [0.25, 0.3) is 0 Å². The molecule has 0 bridgehead atoms. The molecule has 0 aliphatic heterocycles. The van der Waals surface area contributed by atoms with Gasteiger partial charge in [0.2, 0.25) is 10.0 Å². The van der Waals surface area contributed by atoms with Crippen LogP contribution in [0.1, 0.15) is 13.8 Å². The number of hydrogen-bond donors (Lipinski definition) is 0. The first kappa shape index (κ1) is 17.8. The van der Waals surface area contributed by atoms with Gasteiger partial charge in [0.15, 0.2) is 9.84 Å². The quantitative estimate of drug-likeness (QED) is 0.587. The Morgan fingerprint density at radius 2 is 1.86 bits per heavy atom. The zero-order valence-electron chi connectivity index (χ0n) is 12.1. The average Bonchev–Trinajstić information content (AvgIpc) is 2.34. The van der Waals surface area contributed by atoms with Crippen LogP contribution in [0.15, 0.2) is 40.6 Å². The van der Waals surface area contributed by atoms with Gasteiger partial charge in [0.1, 0.15) is 10.7 Å².